The number of alkyl halides is 3. The summed E-state index contributed by atoms with van der Waals surface area (Å²) in [6.45, 7) is 0. The zero-order valence-corrected chi connectivity index (χ0v) is 6.42. The van der Waals surface area contributed by atoms with Gasteiger partial charge in [-0.1, -0.05) is 6.07 Å². The third kappa shape index (κ3) is 2.09. The second-order valence-electron chi connectivity index (χ2n) is 2.42. The first-order valence-corrected chi connectivity index (χ1v) is 3.38. The molecule has 0 saturated carbocycles. The average Bonchev–Trinajstić information content (AvgIpc) is 2.02. The zero-order chi connectivity index (χ0) is 10.1. The van der Waals surface area contributed by atoms with Crippen LogP contribution in [-0.2, 0) is 0 Å². The number of aliphatic hydroxyl groups is 1. The summed E-state index contributed by atoms with van der Waals surface area (Å²) in [5, 5.41) is 8.79. The molecular weight excluding hydrogens is 185 g/mol. The van der Waals surface area contributed by atoms with E-state index in [9.17, 15) is 13.2 Å². The number of halogens is 3. The molecule has 0 aliphatic heterocycles. The molecule has 3 N–H and O–H groups in total. The van der Waals surface area contributed by atoms with Gasteiger partial charge in [-0.3, -0.25) is 0 Å². The number of hydrogen-bond donors (Lipinski definition) is 2. The van der Waals surface area contributed by atoms with Crippen molar-refractivity contribution in [1.82, 2.24) is 4.98 Å². The molecule has 0 aliphatic rings. The number of rotatable bonds is 1. The van der Waals surface area contributed by atoms with Gasteiger partial charge >= 0.3 is 6.18 Å². The van der Waals surface area contributed by atoms with Crippen LogP contribution in [0.25, 0.3) is 0 Å². The Labute approximate surface area is 72.0 Å². The molecule has 3 nitrogen and oxygen atoms in total. The third-order valence-electron chi connectivity index (χ3n) is 1.48. The molecule has 6 heteroatoms. The van der Waals surface area contributed by atoms with E-state index in [1.807, 2.05) is 0 Å². The Bertz CT molecular complexity index is 300. The Kier molecular flexibility index (Phi) is 2.42. The molecule has 0 saturated heterocycles. The highest BCUT2D eigenvalue weighted by atomic mass is 19.4. The molecule has 0 fully saturated rings. The number of nitrogen functional groups attached to an aromatic ring is 1. The molecule has 1 aromatic rings. The Morgan fingerprint density at radius 2 is 2.08 bits per heavy atom. The van der Waals surface area contributed by atoms with Gasteiger partial charge in [0.25, 0.3) is 0 Å². The number of anilines is 1. The van der Waals surface area contributed by atoms with Crippen LogP contribution in [0.15, 0.2) is 18.3 Å². The van der Waals surface area contributed by atoms with E-state index < -0.39 is 17.8 Å². The molecule has 1 rings (SSSR count). The fourth-order valence-electron chi connectivity index (χ4n) is 0.837. The van der Waals surface area contributed by atoms with Gasteiger partial charge in [-0.15, -0.1) is 0 Å². The van der Waals surface area contributed by atoms with E-state index in [0.717, 1.165) is 6.07 Å². The SMILES string of the molecule is Nc1ncccc1C(O)C(F)(F)F. The van der Waals surface area contributed by atoms with E-state index in [1.54, 1.807) is 0 Å². The second-order valence-corrected chi connectivity index (χ2v) is 2.42. The molecule has 1 aromatic heterocycles. The van der Waals surface area contributed by atoms with Crippen LogP contribution in [0.4, 0.5) is 19.0 Å². The molecule has 1 atom stereocenters. The Hall–Kier alpha value is -1.30. The van der Waals surface area contributed by atoms with Gasteiger partial charge in [0.1, 0.15) is 5.82 Å². The van der Waals surface area contributed by atoms with Gasteiger partial charge in [0, 0.05) is 11.8 Å². The molecule has 0 aliphatic carbocycles. The summed E-state index contributed by atoms with van der Waals surface area (Å²) >= 11 is 0. The van der Waals surface area contributed by atoms with E-state index in [-0.39, 0.29) is 5.82 Å². The van der Waals surface area contributed by atoms with Crippen LogP contribution in [0.1, 0.15) is 11.7 Å². The van der Waals surface area contributed by atoms with Crippen LogP contribution < -0.4 is 5.73 Å². The van der Waals surface area contributed by atoms with Crippen LogP contribution in [0.3, 0.4) is 0 Å². The lowest BCUT2D eigenvalue weighted by Gasteiger charge is -2.15. The van der Waals surface area contributed by atoms with Crippen molar-refractivity contribution in [3.63, 3.8) is 0 Å². The minimum Gasteiger partial charge on any atom is -0.383 e. The lowest BCUT2D eigenvalue weighted by atomic mass is 10.1. The lowest BCUT2D eigenvalue weighted by molar-refractivity contribution is -0.206. The normalized spacial score (nSPS) is 14.2. The summed E-state index contributed by atoms with van der Waals surface area (Å²) in [6.07, 6.45) is -6.03. The number of aliphatic hydroxyl groups excluding tert-OH is 1. The number of aromatic nitrogens is 1. The van der Waals surface area contributed by atoms with Gasteiger partial charge < -0.3 is 10.8 Å². The summed E-state index contributed by atoms with van der Waals surface area (Å²) < 4.78 is 35.9. The zero-order valence-electron chi connectivity index (χ0n) is 6.42. The maximum atomic E-state index is 12.0. The van der Waals surface area contributed by atoms with E-state index in [2.05, 4.69) is 4.98 Å². The van der Waals surface area contributed by atoms with Crippen molar-refractivity contribution in [2.24, 2.45) is 0 Å². The standard InChI is InChI=1S/C7H7F3N2O/c8-7(9,10)5(13)4-2-1-3-12-6(4)11/h1-3,5,13H,(H2,11,12). The van der Waals surface area contributed by atoms with Gasteiger partial charge in [-0.25, -0.2) is 4.98 Å². The highest BCUT2D eigenvalue weighted by Crippen LogP contribution is 2.33. The molecule has 0 bridgehead atoms. The average molecular weight is 192 g/mol. The number of nitrogens with two attached hydrogens (primary N) is 1. The molecule has 13 heavy (non-hydrogen) atoms. The maximum absolute atomic E-state index is 12.0. The maximum Gasteiger partial charge on any atom is 0.418 e. The smallest absolute Gasteiger partial charge is 0.383 e. The Morgan fingerprint density at radius 3 is 2.54 bits per heavy atom. The van der Waals surface area contributed by atoms with Crippen LogP contribution in [0, 0.1) is 0 Å². The van der Waals surface area contributed by atoms with E-state index in [0.29, 0.717) is 0 Å². The quantitative estimate of drug-likeness (QED) is 0.704. The highest BCUT2D eigenvalue weighted by molar-refractivity contribution is 5.40. The predicted octanol–water partition coefficient (Wildman–Crippen LogP) is 1.26. The first kappa shape index (κ1) is 9.79. The first-order chi connectivity index (χ1) is 5.93. The Morgan fingerprint density at radius 1 is 1.46 bits per heavy atom. The minimum atomic E-state index is -4.71. The fourth-order valence-corrected chi connectivity index (χ4v) is 0.837. The summed E-state index contributed by atoms with van der Waals surface area (Å²) in [4.78, 5) is 3.43. The monoisotopic (exact) mass is 192 g/mol. The largest absolute Gasteiger partial charge is 0.418 e. The van der Waals surface area contributed by atoms with Gasteiger partial charge in [0.15, 0.2) is 6.10 Å². The summed E-state index contributed by atoms with van der Waals surface area (Å²) in [5.74, 6) is -0.313. The highest BCUT2D eigenvalue weighted by Gasteiger charge is 2.40. The van der Waals surface area contributed by atoms with Crippen molar-refractivity contribution < 1.29 is 18.3 Å². The molecule has 0 radical (unpaired) electrons. The van der Waals surface area contributed by atoms with Crippen LogP contribution in [-0.4, -0.2) is 16.3 Å². The second kappa shape index (κ2) is 3.21. The van der Waals surface area contributed by atoms with Crippen LogP contribution >= 0.6 is 0 Å². The number of nitrogens with zero attached hydrogens (tertiary/aromatic N) is 1. The lowest BCUT2D eigenvalue weighted by Crippen LogP contribution is -2.21. The molecule has 0 aromatic carbocycles. The van der Waals surface area contributed by atoms with Gasteiger partial charge in [0.05, 0.1) is 0 Å². The van der Waals surface area contributed by atoms with Crippen molar-refractivity contribution in [2.45, 2.75) is 12.3 Å². The van der Waals surface area contributed by atoms with Crippen LogP contribution in [0.2, 0.25) is 0 Å². The van der Waals surface area contributed by atoms with Gasteiger partial charge in [0.2, 0.25) is 0 Å². The first-order valence-electron chi connectivity index (χ1n) is 3.38. The van der Waals surface area contributed by atoms with Crippen molar-refractivity contribution >= 4 is 5.82 Å². The van der Waals surface area contributed by atoms with Crippen molar-refractivity contribution in [1.29, 1.82) is 0 Å². The van der Waals surface area contributed by atoms with Crippen molar-refractivity contribution in [2.75, 3.05) is 5.73 Å². The Balaban J connectivity index is 3.02. The van der Waals surface area contributed by atoms with E-state index in [1.165, 1.54) is 12.3 Å². The molecule has 0 amide bonds. The molecule has 0 spiro atoms. The van der Waals surface area contributed by atoms with E-state index >= 15 is 0 Å². The predicted molar refractivity (Wildman–Crippen MR) is 39.7 cm³/mol. The third-order valence-corrected chi connectivity index (χ3v) is 1.48. The van der Waals surface area contributed by atoms with Gasteiger partial charge in [-0.2, -0.15) is 13.2 Å². The summed E-state index contributed by atoms with van der Waals surface area (Å²) in [6, 6.07) is 2.36. The molecule has 72 valence electrons. The topological polar surface area (TPSA) is 59.1 Å². The van der Waals surface area contributed by atoms with Gasteiger partial charge in [-0.05, 0) is 6.07 Å². The van der Waals surface area contributed by atoms with Crippen molar-refractivity contribution in [3.8, 4) is 0 Å². The summed E-state index contributed by atoms with van der Waals surface area (Å²) in [7, 11) is 0. The fraction of sp³-hybridized carbons (Fsp3) is 0.286. The molecule has 1 unspecified atom stereocenters. The molecule has 1 heterocycles. The van der Waals surface area contributed by atoms with Crippen molar-refractivity contribution in [3.05, 3.63) is 23.9 Å². The molecular formula is C7H7F3N2O. The minimum absolute atomic E-state index is 0.313. The number of hydrogen-bond acceptors (Lipinski definition) is 3. The summed E-state index contributed by atoms with van der Waals surface area (Å²) in [5.41, 5.74) is 4.73. The van der Waals surface area contributed by atoms with Crippen LogP contribution in [0.5, 0.6) is 0 Å². The van der Waals surface area contributed by atoms with E-state index in [4.69, 9.17) is 10.8 Å². The number of pyridine rings is 1.